The van der Waals surface area contributed by atoms with Crippen LogP contribution in [0.4, 0.5) is 10.1 Å². The van der Waals surface area contributed by atoms with Crippen LogP contribution < -0.4 is 4.72 Å². The standard InChI is InChI=1S/C13H9FN2O2S/c14-11-4-6-12(7-5-11)16-19(17,18)13-3-1-2-10(8-13)9-15/h1-8,16H. The maximum absolute atomic E-state index is 12.7. The summed E-state index contributed by atoms with van der Waals surface area (Å²) < 4.78 is 39.1. The first kappa shape index (κ1) is 13.1. The van der Waals surface area contributed by atoms with Crippen molar-refractivity contribution in [3.63, 3.8) is 0 Å². The summed E-state index contributed by atoms with van der Waals surface area (Å²) in [5, 5.41) is 8.74. The summed E-state index contributed by atoms with van der Waals surface area (Å²) in [5.41, 5.74) is 0.505. The average Bonchev–Trinajstić information content (AvgIpc) is 2.41. The number of halogens is 1. The Morgan fingerprint density at radius 1 is 1.11 bits per heavy atom. The van der Waals surface area contributed by atoms with E-state index in [1.54, 1.807) is 0 Å². The van der Waals surface area contributed by atoms with Crippen molar-refractivity contribution in [2.24, 2.45) is 0 Å². The third-order valence-corrected chi connectivity index (χ3v) is 3.75. The van der Waals surface area contributed by atoms with Gasteiger partial charge in [-0.3, -0.25) is 4.72 Å². The largest absolute Gasteiger partial charge is 0.280 e. The Kier molecular flexibility index (Phi) is 3.49. The molecule has 96 valence electrons. The number of anilines is 1. The molecule has 0 spiro atoms. The second-order valence-electron chi connectivity index (χ2n) is 3.75. The van der Waals surface area contributed by atoms with Crippen molar-refractivity contribution in [3.8, 4) is 6.07 Å². The zero-order chi connectivity index (χ0) is 13.9. The van der Waals surface area contributed by atoms with Crippen molar-refractivity contribution in [1.29, 1.82) is 5.26 Å². The summed E-state index contributed by atoms with van der Waals surface area (Å²) in [6.45, 7) is 0. The Morgan fingerprint density at radius 2 is 1.79 bits per heavy atom. The summed E-state index contributed by atoms with van der Waals surface area (Å²) in [4.78, 5) is -0.0177. The summed E-state index contributed by atoms with van der Waals surface area (Å²) in [7, 11) is -3.78. The number of hydrogen-bond acceptors (Lipinski definition) is 3. The molecule has 0 aromatic heterocycles. The predicted molar refractivity (Wildman–Crippen MR) is 68.4 cm³/mol. The normalized spacial score (nSPS) is 10.7. The number of sulfonamides is 1. The van der Waals surface area contributed by atoms with E-state index in [4.69, 9.17) is 5.26 Å². The first-order chi connectivity index (χ1) is 9.01. The van der Waals surface area contributed by atoms with Gasteiger partial charge in [0, 0.05) is 5.69 Å². The Labute approximate surface area is 110 Å². The fourth-order valence-corrected chi connectivity index (χ4v) is 2.57. The van der Waals surface area contributed by atoms with E-state index >= 15 is 0 Å². The lowest BCUT2D eigenvalue weighted by atomic mass is 10.2. The van der Waals surface area contributed by atoms with Gasteiger partial charge in [-0.25, -0.2) is 12.8 Å². The Morgan fingerprint density at radius 3 is 2.42 bits per heavy atom. The zero-order valence-corrected chi connectivity index (χ0v) is 10.5. The maximum Gasteiger partial charge on any atom is 0.261 e. The highest BCUT2D eigenvalue weighted by Gasteiger charge is 2.14. The molecule has 19 heavy (non-hydrogen) atoms. The van der Waals surface area contributed by atoms with Gasteiger partial charge >= 0.3 is 0 Å². The third kappa shape index (κ3) is 3.09. The molecule has 2 aromatic carbocycles. The van der Waals surface area contributed by atoms with E-state index in [0.717, 1.165) is 12.1 Å². The molecule has 0 radical (unpaired) electrons. The molecular weight excluding hydrogens is 267 g/mol. The van der Waals surface area contributed by atoms with Crippen molar-refractivity contribution in [3.05, 3.63) is 59.9 Å². The third-order valence-electron chi connectivity index (χ3n) is 2.37. The lowest BCUT2D eigenvalue weighted by molar-refractivity contribution is 0.601. The average molecular weight is 276 g/mol. The van der Waals surface area contributed by atoms with Gasteiger partial charge in [-0.05, 0) is 42.5 Å². The van der Waals surface area contributed by atoms with Crippen LogP contribution in [0.3, 0.4) is 0 Å². The van der Waals surface area contributed by atoms with Crippen LogP contribution in [-0.2, 0) is 10.0 Å². The minimum absolute atomic E-state index is 0.0177. The molecule has 0 atom stereocenters. The lowest BCUT2D eigenvalue weighted by Crippen LogP contribution is -2.13. The van der Waals surface area contributed by atoms with Gasteiger partial charge in [0.25, 0.3) is 10.0 Å². The van der Waals surface area contributed by atoms with E-state index in [1.807, 2.05) is 6.07 Å². The van der Waals surface area contributed by atoms with E-state index < -0.39 is 15.8 Å². The SMILES string of the molecule is N#Cc1cccc(S(=O)(=O)Nc2ccc(F)cc2)c1. The van der Waals surface area contributed by atoms with Crippen LogP contribution in [0.15, 0.2) is 53.4 Å². The van der Waals surface area contributed by atoms with Crippen LogP contribution in [0, 0.1) is 17.1 Å². The number of benzene rings is 2. The van der Waals surface area contributed by atoms with Gasteiger partial charge in [0.1, 0.15) is 5.82 Å². The van der Waals surface area contributed by atoms with Gasteiger partial charge in [-0.1, -0.05) is 6.07 Å². The van der Waals surface area contributed by atoms with Gasteiger partial charge in [0.05, 0.1) is 16.5 Å². The van der Waals surface area contributed by atoms with E-state index in [0.29, 0.717) is 0 Å². The van der Waals surface area contributed by atoms with Gasteiger partial charge in [-0.15, -0.1) is 0 Å². The number of nitrogens with zero attached hydrogens (tertiary/aromatic N) is 1. The summed E-state index contributed by atoms with van der Waals surface area (Å²) in [6, 6.07) is 12.5. The van der Waals surface area contributed by atoms with Crippen LogP contribution in [0.25, 0.3) is 0 Å². The molecule has 0 unspecified atom stereocenters. The Balaban J connectivity index is 2.32. The summed E-state index contributed by atoms with van der Waals surface area (Å²) in [6.07, 6.45) is 0. The zero-order valence-electron chi connectivity index (χ0n) is 9.67. The Hall–Kier alpha value is -2.39. The first-order valence-electron chi connectivity index (χ1n) is 5.30. The fourth-order valence-electron chi connectivity index (χ4n) is 1.46. The monoisotopic (exact) mass is 276 g/mol. The highest BCUT2D eigenvalue weighted by molar-refractivity contribution is 7.92. The molecule has 0 amide bonds. The molecule has 0 bridgehead atoms. The summed E-state index contributed by atoms with van der Waals surface area (Å²) in [5.74, 6) is -0.450. The van der Waals surface area contributed by atoms with Crippen LogP contribution in [0.5, 0.6) is 0 Å². The number of hydrogen-bond donors (Lipinski definition) is 1. The number of nitrogens with one attached hydrogen (secondary N) is 1. The molecule has 4 nitrogen and oxygen atoms in total. The summed E-state index contributed by atoms with van der Waals surface area (Å²) >= 11 is 0. The first-order valence-corrected chi connectivity index (χ1v) is 6.78. The number of nitriles is 1. The van der Waals surface area contributed by atoms with Crippen molar-refractivity contribution in [1.82, 2.24) is 0 Å². The topological polar surface area (TPSA) is 70.0 Å². The predicted octanol–water partition coefficient (Wildman–Crippen LogP) is 2.50. The molecule has 1 N–H and O–H groups in total. The second-order valence-corrected chi connectivity index (χ2v) is 5.43. The molecular formula is C13H9FN2O2S. The van der Waals surface area contributed by atoms with Crippen LogP contribution in [0.2, 0.25) is 0 Å². The maximum atomic E-state index is 12.7. The van der Waals surface area contributed by atoms with Crippen molar-refractivity contribution < 1.29 is 12.8 Å². The Bertz CT molecular complexity index is 734. The van der Waals surface area contributed by atoms with Gasteiger partial charge < -0.3 is 0 Å². The minimum atomic E-state index is -3.78. The smallest absolute Gasteiger partial charge is 0.261 e. The molecule has 0 fully saturated rings. The van der Waals surface area contributed by atoms with Crippen LogP contribution >= 0.6 is 0 Å². The van der Waals surface area contributed by atoms with E-state index in [2.05, 4.69) is 4.72 Å². The van der Waals surface area contributed by atoms with Gasteiger partial charge in [0.15, 0.2) is 0 Å². The van der Waals surface area contributed by atoms with E-state index in [1.165, 1.54) is 36.4 Å². The molecule has 0 saturated heterocycles. The highest BCUT2D eigenvalue weighted by Crippen LogP contribution is 2.17. The van der Waals surface area contributed by atoms with Crippen molar-refractivity contribution in [2.45, 2.75) is 4.90 Å². The highest BCUT2D eigenvalue weighted by atomic mass is 32.2. The molecule has 0 aliphatic carbocycles. The molecule has 6 heteroatoms. The van der Waals surface area contributed by atoms with Gasteiger partial charge in [0.2, 0.25) is 0 Å². The molecule has 0 saturated carbocycles. The van der Waals surface area contributed by atoms with Gasteiger partial charge in [-0.2, -0.15) is 5.26 Å². The number of rotatable bonds is 3. The van der Waals surface area contributed by atoms with Crippen LogP contribution in [-0.4, -0.2) is 8.42 Å². The molecule has 0 aliphatic heterocycles. The fraction of sp³-hybridized carbons (Fsp3) is 0. The van der Waals surface area contributed by atoms with Crippen LogP contribution in [0.1, 0.15) is 5.56 Å². The molecule has 0 aliphatic rings. The van der Waals surface area contributed by atoms with E-state index in [9.17, 15) is 12.8 Å². The molecule has 0 heterocycles. The lowest BCUT2D eigenvalue weighted by Gasteiger charge is -2.08. The van der Waals surface area contributed by atoms with E-state index in [-0.39, 0.29) is 16.1 Å². The van der Waals surface area contributed by atoms with Crippen molar-refractivity contribution in [2.75, 3.05) is 4.72 Å². The quantitative estimate of drug-likeness (QED) is 0.936. The minimum Gasteiger partial charge on any atom is -0.280 e. The molecule has 2 aromatic rings. The van der Waals surface area contributed by atoms with Crippen molar-refractivity contribution >= 4 is 15.7 Å². The molecule has 2 rings (SSSR count). The second kappa shape index (κ2) is 5.08.